The molecule has 2 atom stereocenters. The van der Waals surface area contributed by atoms with Gasteiger partial charge in [0.25, 0.3) is 5.91 Å². The van der Waals surface area contributed by atoms with Crippen LogP contribution in [0, 0.1) is 0 Å². The number of aliphatic imine (C=N–C) groups is 1. The van der Waals surface area contributed by atoms with Gasteiger partial charge in [0, 0.05) is 68.1 Å². The normalized spacial score (nSPS) is 13.3. The monoisotopic (exact) mass is 1150 g/mol. The second-order valence-electron chi connectivity index (χ2n) is 17.1. The predicted molar refractivity (Wildman–Crippen MR) is 265 cm³/mol. The van der Waals surface area contributed by atoms with Gasteiger partial charge in [0.2, 0.25) is 17.7 Å². The van der Waals surface area contributed by atoms with E-state index in [1.165, 1.54) is 31.2 Å². The van der Waals surface area contributed by atoms with Gasteiger partial charge in [-0.25, -0.2) is 14.4 Å². The number of fused-ring (bicyclic) bond motifs is 6. The molecular formula is C49H60F6N8O17. The Kier molecular flexibility index (Phi) is 25.9. The first-order valence-electron chi connectivity index (χ1n) is 24.1. The molecule has 0 unspecified atom stereocenters. The number of carboxylic acid groups (broad SMARTS) is 2. The molecule has 0 saturated heterocycles. The Labute approximate surface area is 451 Å². The van der Waals surface area contributed by atoms with E-state index in [1.54, 1.807) is 30.3 Å². The summed E-state index contributed by atoms with van der Waals surface area (Å²) < 4.78 is 92.3. The van der Waals surface area contributed by atoms with Crippen LogP contribution in [0.3, 0.4) is 0 Å². The minimum atomic E-state index is -5.08. The summed E-state index contributed by atoms with van der Waals surface area (Å²) in [6, 6.07) is 12.1. The third-order valence-corrected chi connectivity index (χ3v) is 11.0. The van der Waals surface area contributed by atoms with Crippen molar-refractivity contribution >= 4 is 53.3 Å². The molecule has 0 fully saturated rings. The Morgan fingerprint density at radius 3 is 1.71 bits per heavy atom. The van der Waals surface area contributed by atoms with Crippen LogP contribution in [-0.2, 0) is 53.3 Å². The first-order valence-corrected chi connectivity index (χ1v) is 24.1. The number of esters is 1. The summed E-state index contributed by atoms with van der Waals surface area (Å²) in [6.45, 7) is 3.99. The Bertz CT molecular complexity index is 2610. The van der Waals surface area contributed by atoms with Gasteiger partial charge in [-0.15, -0.1) is 0 Å². The number of ether oxygens (including phenoxy) is 5. The number of phenols is 2. The largest absolute Gasteiger partial charge is 0.508 e. The van der Waals surface area contributed by atoms with Gasteiger partial charge in [-0.05, 0) is 69.4 Å². The molecule has 14 N–H and O–H groups in total. The smallest absolute Gasteiger partial charge is 0.490 e. The number of rotatable bonds is 27. The van der Waals surface area contributed by atoms with Gasteiger partial charge in [-0.1, -0.05) is 12.1 Å². The average molecular weight is 1150 g/mol. The molecule has 0 aliphatic carbocycles. The number of alkyl halides is 6. The summed E-state index contributed by atoms with van der Waals surface area (Å²) in [5.41, 5.74) is 16.6. The van der Waals surface area contributed by atoms with E-state index < -0.39 is 65.7 Å². The van der Waals surface area contributed by atoms with Crippen LogP contribution in [0.5, 0.6) is 23.0 Å². The van der Waals surface area contributed by atoms with Crippen molar-refractivity contribution in [3.63, 3.8) is 0 Å². The van der Waals surface area contributed by atoms with Crippen molar-refractivity contribution < 1.29 is 109 Å². The minimum Gasteiger partial charge on any atom is -0.508 e. The number of ketones is 1. The molecule has 31 heteroatoms. The molecule has 0 saturated carbocycles. The molecule has 5 rings (SSSR count). The van der Waals surface area contributed by atoms with Gasteiger partial charge >= 0.3 is 30.3 Å². The third-order valence-electron chi connectivity index (χ3n) is 11.0. The number of carbonyl (C=O) groups excluding carboxylic acids is 6. The fraction of sp³-hybridized carbons (Fsp3) is 0.449. The number of aromatic hydroxyl groups is 2. The summed E-state index contributed by atoms with van der Waals surface area (Å²) in [7, 11) is 0. The molecule has 4 amide bonds. The molecular weight excluding hydrogens is 1090 g/mol. The molecule has 1 spiro atoms. The highest BCUT2D eigenvalue weighted by Crippen LogP contribution is 2.57. The van der Waals surface area contributed by atoms with Crippen LogP contribution < -0.4 is 43.2 Å². The Morgan fingerprint density at radius 1 is 0.700 bits per heavy atom. The van der Waals surface area contributed by atoms with Crippen LogP contribution in [0.4, 0.5) is 26.3 Å². The molecule has 2 aliphatic rings. The van der Waals surface area contributed by atoms with E-state index in [0.29, 0.717) is 95.1 Å². The molecule has 0 radical (unpaired) electrons. The van der Waals surface area contributed by atoms with Crippen molar-refractivity contribution in [2.45, 2.75) is 75.5 Å². The number of nitrogens with two attached hydrogens (primary N) is 3. The molecule has 3 aromatic rings. The lowest BCUT2D eigenvalue weighted by Crippen LogP contribution is -2.48. The van der Waals surface area contributed by atoms with E-state index in [2.05, 4.69) is 26.3 Å². The topological polar surface area (TPSA) is 402 Å². The second kappa shape index (κ2) is 31.3. The molecule has 0 aromatic heterocycles. The van der Waals surface area contributed by atoms with Gasteiger partial charge in [0.1, 0.15) is 23.0 Å². The lowest BCUT2D eigenvalue weighted by molar-refractivity contribution is -0.193. The highest BCUT2D eigenvalue weighted by Gasteiger charge is 2.54. The van der Waals surface area contributed by atoms with Crippen molar-refractivity contribution in [3.8, 4) is 23.0 Å². The van der Waals surface area contributed by atoms with Crippen LogP contribution in [0.25, 0.3) is 0 Å². The Balaban J connectivity index is 0.00000106. The SMILES string of the molecule is CC(=O)[C@H](CCCN=C(N)N)NC(=O)CNC(=O)[C@@H](N)CCC(=O)NCCCOCCOCCOCCCNC(=O)c1cccc2c1C(=O)OC21c2ccc(O)cc2Oc2cc(O)ccc21.O=C(O)C(F)(F)F.O=C(O)C(F)(F)F. The van der Waals surface area contributed by atoms with Gasteiger partial charge in [0.15, 0.2) is 17.3 Å². The third kappa shape index (κ3) is 20.8. The summed E-state index contributed by atoms with van der Waals surface area (Å²) in [5, 5.41) is 45.1. The number of guanidine groups is 1. The first-order chi connectivity index (χ1) is 37.6. The summed E-state index contributed by atoms with van der Waals surface area (Å²) in [5.74, 6) is -8.09. The number of Topliss-reactive ketones (excluding diaryl/α,β-unsaturated/α-hetero) is 1. The fourth-order valence-corrected chi connectivity index (χ4v) is 7.28. The average Bonchev–Trinajstić information content (AvgIpc) is 3.91. The maximum absolute atomic E-state index is 13.6. The van der Waals surface area contributed by atoms with E-state index in [4.69, 9.17) is 60.7 Å². The molecule has 440 valence electrons. The molecule has 3 aromatic carbocycles. The van der Waals surface area contributed by atoms with Crippen molar-refractivity contribution in [1.82, 2.24) is 21.3 Å². The lowest BCUT2D eigenvalue weighted by Gasteiger charge is -2.36. The zero-order valence-corrected chi connectivity index (χ0v) is 42.7. The second-order valence-corrected chi connectivity index (χ2v) is 17.1. The summed E-state index contributed by atoms with van der Waals surface area (Å²) in [6.07, 6.45) is -8.24. The van der Waals surface area contributed by atoms with Gasteiger partial charge in [0.05, 0.1) is 56.2 Å². The maximum atomic E-state index is 13.6. The van der Waals surface area contributed by atoms with Crippen molar-refractivity contribution in [1.29, 1.82) is 0 Å². The van der Waals surface area contributed by atoms with E-state index in [0.717, 1.165) is 0 Å². The summed E-state index contributed by atoms with van der Waals surface area (Å²) >= 11 is 0. The van der Waals surface area contributed by atoms with E-state index >= 15 is 0 Å². The number of nitrogens with one attached hydrogen (secondary N) is 4. The number of amides is 4. The van der Waals surface area contributed by atoms with Crippen molar-refractivity contribution in [2.24, 2.45) is 22.2 Å². The van der Waals surface area contributed by atoms with Gasteiger partial charge in [-0.3, -0.25) is 29.0 Å². The van der Waals surface area contributed by atoms with Crippen molar-refractivity contribution in [2.75, 3.05) is 65.8 Å². The van der Waals surface area contributed by atoms with Crippen LogP contribution in [0.1, 0.15) is 82.9 Å². The van der Waals surface area contributed by atoms with Gasteiger partial charge < -0.3 is 82.6 Å². The lowest BCUT2D eigenvalue weighted by atomic mass is 9.77. The van der Waals surface area contributed by atoms with E-state index in [1.807, 2.05) is 0 Å². The predicted octanol–water partition coefficient (Wildman–Crippen LogP) is 1.96. The number of benzene rings is 3. The number of hydrogen-bond acceptors (Lipinski definition) is 17. The van der Waals surface area contributed by atoms with E-state index in [9.17, 15) is 65.3 Å². The highest BCUT2D eigenvalue weighted by molar-refractivity contribution is 6.09. The highest BCUT2D eigenvalue weighted by atomic mass is 19.4. The quantitative estimate of drug-likeness (QED) is 0.0171. The fourth-order valence-electron chi connectivity index (χ4n) is 7.28. The number of nitrogens with zero attached hydrogens (tertiary/aromatic N) is 1. The molecule has 2 aliphatic heterocycles. The number of carboxylic acids is 2. The minimum absolute atomic E-state index is 0.00778. The molecule has 0 bridgehead atoms. The Morgan fingerprint density at radius 2 is 1.21 bits per heavy atom. The van der Waals surface area contributed by atoms with Crippen LogP contribution in [-0.4, -0.2) is 164 Å². The van der Waals surface area contributed by atoms with Crippen LogP contribution in [0.2, 0.25) is 0 Å². The van der Waals surface area contributed by atoms with Crippen LogP contribution in [0.15, 0.2) is 59.6 Å². The number of aliphatic carboxylic acids is 2. The number of halogens is 6. The number of hydrogen-bond donors (Lipinski definition) is 11. The van der Waals surface area contributed by atoms with Gasteiger partial charge in [-0.2, -0.15) is 26.3 Å². The zero-order valence-electron chi connectivity index (χ0n) is 42.7. The first kappa shape index (κ1) is 66.0. The van der Waals surface area contributed by atoms with E-state index in [-0.39, 0.29) is 77.7 Å². The Hall–Kier alpha value is -8.29. The standard InChI is InChI=1S/C45H58N8O13.2C2HF3O2/c1-27(54)35(8-3-15-51-44(47)48)53-39(58)26-52-42(60)34(46)13-14-38(57)49-16-4-18-62-20-22-64-23-21-63-19-5-17-50-41(59)30-6-2-7-33-40(30)43(61)66-45(33)31-11-9-28(55)24-36(31)65-37-25-29(56)10-12-32(37)45;2*3-2(4,5)1(6)7/h2,6-7,9-12,24-25,34-35,55-56H,3-5,8,13-23,26,46H2,1H3,(H,49,57)(H,50,59)(H,52,60)(H,53,58)(H4,47,48,51);2*(H,6,7)/t34-,35-;;/m0../s1. The molecule has 2 heterocycles. The van der Waals surface area contributed by atoms with Crippen LogP contribution >= 0.6 is 0 Å². The molecule has 80 heavy (non-hydrogen) atoms. The number of phenolic OH excluding ortho intramolecular Hbond substituents is 2. The maximum Gasteiger partial charge on any atom is 0.490 e. The number of carbonyl (C=O) groups is 8. The van der Waals surface area contributed by atoms with Crippen molar-refractivity contribution in [3.05, 3.63) is 82.4 Å². The zero-order chi connectivity index (χ0) is 59.8. The summed E-state index contributed by atoms with van der Waals surface area (Å²) in [4.78, 5) is 97.2. The molecule has 25 nitrogen and oxygen atoms in total.